The van der Waals surface area contributed by atoms with E-state index < -0.39 is 0 Å². The van der Waals surface area contributed by atoms with Gasteiger partial charge in [-0.3, -0.25) is 4.79 Å². The Morgan fingerprint density at radius 2 is 1.59 bits per heavy atom. The number of hydrogen-bond donors (Lipinski definition) is 1. The number of methoxy groups -OCH3 is 1. The Bertz CT molecular complexity index is 1190. The standard InChI is InChI=1S/C25H23N3O4/c1-16-5-4-6-17(2)23(16)31-15-22(29)26-20-11-7-19(8-12-20)25-27-24(28-32-25)18-9-13-21(30-3)14-10-18/h4-14H,15H2,1-3H3,(H,26,29). The molecule has 7 heteroatoms. The molecule has 0 aliphatic carbocycles. The summed E-state index contributed by atoms with van der Waals surface area (Å²) in [5.74, 6) is 2.15. The Balaban J connectivity index is 1.38. The fourth-order valence-electron chi connectivity index (χ4n) is 3.26. The first-order valence-electron chi connectivity index (χ1n) is 10.1. The number of ether oxygens (including phenoxy) is 2. The number of nitrogens with one attached hydrogen (secondary N) is 1. The number of nitrogens with zero attached hydrogens (tertiary/aromatic N) is 2. The predicted octanol–water partition coefficient (Wildman–Crippen LogP) is 5.05. The number of carbonyl (C=O) groups is 1. The van der Waals surface area contributed by atoms with Gasteiger partial charge < -0.3 is 19.3 Å². The molecule has 1 aromatic heterocycles. The summed E-state index contributed by atoms with van der Waals surface area (Å²) in [6.45, 7) is 3.84. The van der Waals surface area contributed by atoms with Crippen molar-refractivity contribution >= 4 is 11.6 Å². The molecule has 0 saturated heterocycles. The van der Waals surface area contributed by atoms with Gasteiger partial charge >= 0.3 is 0 Å². The molecule has 4 rings (SSSR count). The molecule has 0 bridgehead atoms. The van der Waals surface area contributed by atoms with Gasteiger partial charge in [0.2, 0.25) is 5.82 Å². The van der Waals surface area contributed by atoms with Crippen LogP contribution in [0.15, 0.2) is 71.3 Å². The van der Waals surface area contributed by atoms with Crippen LogP contribution in [0.25, 0.3) is 22.8 Å². The summed E-state index contributed by atoms with van der Waals surface area (Å²) in [6, 6.07) is 20.5. The number of aromatic nitrogens is 2. The number of para-hydroxylation sites is 1. The smallest absolute Gasteiger partial charge is 0.262 e. The van der Waals surface area contributed by atoms with Gasteiger partial charge in [0, 0.05) is 16.8 Å². The highest BCUT2D eigenvalue weighted by atomic mass is 16.5. The lowest BCUT2D eigenvalue weighted by Gasteiger charge is -2.12. The maximum Gasteiger partial charge on any atom is 0.262 e. The molecular formula is C25H23N3O4. The van der Waals surface area contributed by atoms with Crippen LogP contribution < -0.4 is 14.8 Å². The molecule has 32 heavy (non-hydrogen) atoms. The second kappa shape index (κ2) is 9.34. The summed E-state index contributed by atoms with van der Waals surface area (Å²) in [5.41, 5.74) is 4.22. The highest BCUT2D eigenvalue weighted by molar-refractivity contribution is 5.92. The molecule has 0 aliphatic rings. The molecule has 162 valence electrons. The van der Waals surface area contributed by atoms with Gasteiger partial charge in [0.15, 0.2) is 6.61 Å². The molecule has 1 N–H and O–H groups in total. The van der Waals surface area contributed by atoms with Crippen LogP contribution in [-0.4, -0.2) is 29.8 Å². The molecule has 7 nitrogen and oxygen atoms in total. The van der Waals surface area contributed by atoms with E-state index in [4.69, 9.17) is 14.0 Å². The third-order valence-corrected chi connectivity index (χ3v) is 4.95. The number of benzene rings is 3. The van der Waals surface area contributed by atoms with Crippen molar-refractivity contribution in [3.63, 3.8) is 0 Å². The zero-order valence-corrected chi connectivity index (χ0v) is 18.1. The number of aryl methyl sites for hydroxylation is 2. The van der Waals surface area contributed by atoms with E-state index in [-0.39, 0.29) is 12.5 Å². The fraction of sp³-hybridized carbons (Fsp3) is 0.160. The molecule has 1 heterocycles. The van der Waals surface area contributed by atoms with Crippen molar-refractivity contribution in [1.82, 2.24) is 10.1 Å². The summed E-state index contributed by atoms with van der Waals surface area (Å²) >= 11 is 0. The van der Waals surface area contributed by atoms with Gasteiger partial charge in [0.25, 0.3) is 11.8 Å². The summed E-state index contributed by atoms with van der Waals surface area (Å²) in [6.07, 6.45) is 0. The largest absolute Gasteiger partial charge is 0.497 e. The third-order valence-electron chi connectivity index (χ3n) is 4.95. The lowest BCUT2D eigenvalue weighted by molar-refractivity contribution is -0.118. The van der Waals surface area contributed by atoms with Gasteiger partial charge in [-0.1, -0.05) is 23.4 Å². The van der Waals surface area contributed by atoms with Crippen LogP contribution in [0.2, 0.25) is 0 Å². The van der Waals surface area contributed by atoms with E-state index in [0.29, 0.717) is 17.4 Å². The number of amides is 1. The van der Waals surface area contributed by atoms with Crippen LogP contribution in [0, 0.1) is 13.8 Å². The second-order valence-electron chi connectivity index (χ2n) is 7.29. The maximum absolute atomic E-state index is 12.3. The van der Waals surface area contributed by atoms with Crippen LogP contribution >= 0.6 is 0 Å². The molecular weight excluding hydrogens is 406 g/mol. The lowest BCUT2D eigenvalue weighted by atomic mass is 10.1. The molecule has 0 aliphatic heterocycles. The fourth-order valence-corrected chi connectivity index (χ4v) is 3.26. The Morgan fingerprint density at radius 3 is 2.25 bits per heavy atom. The quantitative estimate of drug-likeness (QED) is 0.443. The SMILES string of the molecule is COc1ccc(-c2noc(-c3ccc(NC(=O)COc4c(C)cccc4C)cc3)n2)cc1. The molecule has 4 aromatic rings. The van der Waals surface area contributed by atoms with E-state index in [2.05, 4.69) is 15.5 Å². The first-order valence-corrected chi connectivity index (χ1v) is 10.1. The molecule has 3 aromatic carbocycles. The minimum atomic E-state index is -0.236. The molecule has 0 unspecified atom stereocenters. The van der Waals surface area contributed by atoms with Crippen molar-refractivity contribution in [2.75, 3.05) is 19.0 Å². The summed E-state index contributed by atoms with van der Waals surface area (Å²) in [5, 5.41) is 6.87. The van der Waals surface area contributed by atoms with Crippen molar-refractivity contribution in [2.24, 2.45) is 0 Å². The van der Waals surface area contributed by atoms with Crippen LogP contribution in [0.1, 0.15) is 11.1 Å². The number of rotatable bonds is 7. The average Bonchev–Trinajstić information content (AvgIpc) is 3.30. The summed E-state index contributed by atoms with van der Waals surface area (Å²) < 4.78 is 16.3. The van der Waals surface area contributed by atoms with Crippen molar-refractivity contribution in [3.8, 4) is 34.3 Å². The topological polar surface area (TPSA) is 86.5 Å². The second-order valence-corrected chi connectivity index (χ2v) is 7.29. The van der Waals surface area contributed by atoms with Crippen molar-refractivity contribution in [3.05, 3.63) is 77.9 Å². The number of hydrogen-bond acceptors (Lipinski definition) is 6. The minimum absolute atomic E-state index is 0.0671. The van der Waals surface area contributed by atoms with E-state index in [0.717, 1.165) is 33.8 Å². The monoisotopic (exact) mass is 429 g/mol. The zero-order chi connectivity index (χ0) is 22.5. The van der Waals surface area contributed by atoms with Gasteiger partial charge in [-0.15, -0.1) is 0 Å². The molecule has 0 radical (unpaired) electrons. The summed E-state index contributed by atoms with van der Waals surface area (Å²) in [4.78, 5) is 16.7. The first kappa shape index (κ1) is 21.1. The molecule has 0 saturated carbocycles. The average molecular weight is 429 g/mol. The van der Waals surface area contributed by atoms with Crippen LogP contribution in [0.5, 0.6) is 11.5 Å². The maximum atomic E-state index is 12.3. The van der Waals surface area contributed by atoms with Crippen molar-refractivity contribution in [1.29, 1.82) is 0 Å². The van der Waals surface area contributed by atoms with Gasteiger partial charge in [-0.2, -0.15) is 4.98 Å². The third kappa shape index (κ3) is 4.78. The van der Waals surface area contributed by atoms with E-state index in [1.54, 1.807) is 19.2 Å². The first-order chi connectivity index (χ1) is 15.5. The van der Waals surface area contributed by atoms with E-state index in [1.807, 2.05) is 68.4 Å². The highest BCUT2D eigenvalue weighted by Crippen LogP contribution is 2.25. The van der Waals surface area contributed by atoms with Crippen LogP contribution in [-0.2, 0) is 4.79 Å². The van der Waals surface area contributed by atoms with Gasteiger partial charge in [0.05, 0.1) is 7.11 Å². The van der Waals surface area contributed by atoms with Crippen LogP contribution in [0.3, 0.4) is 0 Å². The predicted molar refractivity (Wildman–Crippen MR) is 122 cm³/mol. The molecule has 0 spiro atoms. The van der Waals surface area contributed by atoms with Crippen molar-refractivity contribution < 1.29 is 18.8 Å². The number of carbonyl (C=O) groups excluding carboxylic acids is 1. The molecule has 1 amide bonds. The Kier molecular flexibility index (Phi) is 6.17. The molecule has 0 fully saturated rings. The Hall–Kier alpha value is -4.13. The van der Waals surface area contributed by atoms with Gasteiger partial charge in [0.1, 0.15) is 11.5 Å². The highest BCUT2D eigenvalue weighted by Gasteiger charge is 2.12. The van der Waals surface area contributed by atoms with Crippen molar-refractivity contribution in [2.45, 2.75) is 13.8 Å². The van der Waals surface area contributed by atoms with Crippen LogP contribution in [0.4, 0.5) is 5.69 Å². The Morgan fingerprint density at radius 1 is 0.938 bits per heavy atom. The van der Waals surface area contributed by atoms with Gasteiger partial charge in [-0.25, -0.2) is 0 Å². The zero-order valence-electron chi connectivity index (χ0n) is 18.1. The Labute approximate surface area is 186 Å². The van der Waals surface area contributed by atoms with E-state index >= 15 is 0 Å². The summed E-state index contributed by atoms with van der Waals surface area (Å²) in [7, 11) is 1.62. The van der Waals surface area contributed by atoms with Gasteiger partial charge in [-0.05, 0) is 73.5 Å². The van der Waals surface area contributed by atoms with E-state index in [1.165, 1.54) is 0 Å². The normalized spacial score (nSPS) is 10.6. The van der Waals surface area contributed by atoms with E-state index in [9.17, 15) is 4.79 Å². The molecule has 0 atom stereocenters. The number of anilines is 1. The minimum Gasteiger partial charge on any atom is -0.497 e. The lowest BCUT2D eigenvalue weighted by Crippen LogP contribution is -2.20.